The van der Waals surface area contributed by atoms with Crippen LogP contribution in [0.15, 0.2) is 49.1 Å². The van der Waals surface area contributed by atoms with Gasteiger partial charge in [-0.1, -0.05) is 18.2 Å². The largest absolute Gasteiger partial charge is 0.496 e. The molecule has 6 nitrogen and oxygen atoms in total. The van der Waals surface area contributed by atoms with Crippen LogP contribution in [0.4, 0.5) is 0 Å². The van der Waals surface area contributed by atoms with Crippen molar-refractivity contribution in [3.63, 3.8) is 0 Å². The Morgan fingerprint density at radius 2 is 1.92 bits per heavy atom. The second-order valence-corrected chi connectivity index (χ2v) is 6.19. The summed E-state index contributed by atoms with van der Waals surface area (Å²) in [6, 6.07) is 9.68. The summed E-state index contributed by atoms with van der Waals surface area (Å²) in [7, 11) is 3.41. The first-order valence-corrected chi connectivity index (χ1v) is 8.35. The molecule has 0 saturated carbocycles. The van der Waals surface area contributed by atoms with Gasteiger partial charge < -0.3 is 9.64 Å². The first kappa shape index (κ1) is 17.7. The minimum absolute atomic E-state index is 0.118. The van der Waals surface area contributed by atoms with Crippen LogP contribution >= 0.6 is 0 Å². The Kier molecular flexibility index (Phi) is 5.02. The third-order valence-electron chi connectivity index (χ3n) is 4.38. The molecule has 0 fully saturated rings. The number of carbonyl (C=O) groups excluding carboxylic acids is 1. The van der Waals surface area contributed by atoms with Crippen LogP contribution in [0.5, 0.6) is 5.75 Å². The first-order chi connectivity index (χ1) is 12.5. The van der Waals surface area contributed by atoms with Crippen LogP contribution in [0.1, 0.15) is 27.3 Å². The molecule has 0 atom stereocenters. The molecule has 0 N–H and O–H groups in total. The van der Waals surface area contributed by atoms with Gasteiger partial charge in [-0.2, -0.15) is 0 Å². The Morgan fingerprint density at radius 3 is 2.62 bits per heavy atom. The normalized spacial score (nSPS) is 10.6. The summed E-state index contributed by atoms with van der Waals surface area (Å²) in [6.45, 7) is 4.30. The molecule has 0 radical (unpaired) electrons. The molecule has 2 heterocycles. The van der Waals surface area contributed by atoms with E-state index in [1.807, 2.05) is 44.2 Å². The quantitative estimate of drug-likeness (QED) is 0.709. The maximum absolute atomic E-state index is 12.9. The Balaban J connectivity index is 1.85. The number of nitrogens with zero attached hydrogens (tertiary/aromatic N) is 4. The molecule has 1 aromatic carbocycles. The molecule has 0 bridgehead atoms. The van der Waals surface area contributed by atoms with Crippen LogP contribution in [-0.4, -0.2) is 39.5 Å². The number of carbonyl (C=O) groups is 1. The van der Waals surface area contributed by atoms with Gasteiger partial charge in [0.1, 0.15) is 11.4 Å². The number of aromatic nitrogens is 3. The van der Waals surface area contributed by atoms with Gasteiger partial charge in [-0.05, 0) is 26.0 Å². The van der Waals surface area contributed by atoms with Crippen molar-refractivity contribution >= 4 is 5.91 Å². The Hall–Kier alpha value is -3.15. The number of rotatable bonds is 5. The van der Waals surface area contributed by atoms with Gasteiger partial charge in [-0.15, -0.1) is 0 Å². The van der Waals surface area contributed by atoms with Crippen LogP contribution < -0.4 is 4.74 Å². The van der Waals surface area contributed by atoms with Crippen molar-refractivity contribution < 1.29 is 9.53 Å². The van der Waals surface area contributed by atoms with Gasteiger partial charge in [0.15, 0.2) is 0 Å². The van der Waals surface area contributed by atoms with E-state index >= 15 is 0 Å². The van der Waals surface area contributed by atoms with Crippen molar-refractivity contribution in [1.82, 2.24) is 19.4 Å². The summed E-state index contributed by atoms with van der Waals surface area (Å²) >= 11 is 0. The van der Waals surface area contributed by atoms with E-state index in [9.17, 15) is 4.79 Å². The lowest BCUT2D eigenvalue weighted by Crippen LogP contribution is -2.28. The van der Waals surface area contributed by atoms with Crippen LogP contribution in [-0.2, 0) is 6.54 Å². The summed E-state index contributed by atoms with van der Waals surface area (Å²) in [4.78, 5) is 23.2. The minimum Gasteiger partial charge on any atom is -0.496 e. The molecule has 3 rings (SSSR count). The van der Waals surface area contributed by atoms with Gasteiger partial charge in [0.05, 0.1) is 31.9 Å². The summed E-state index contributed by atoms with van der Waals surface area (Å²) in [6.07, 6.45) is 5.00. The van der Waals surface area contributed by atoms with E-state index in [2.05, 4.69) is 9.97 Å². The van der Waals surface area contributed by atoms with E-state index in [0.717, 1.165) is 28.3 Å². The van der Waals surface area contributed by atoms with Crippen molar-refractivity contribution in [2.75, 3.05) is 14.2 Å². The molecule has 3 aromatic rings. The first-order valence-electron chi connectivity index (χ1n) is 8.35. The lowest BCUT2D eigenvalue weighted by molar-refractivity contribution is 0.0775. The number of hydrogen-bond donors (Lipinski definition) is 0. The van der Waals surface area contributed by atoms with Crippen molar-refractivity contribution in [3.8, 4) is 11.4 Å². The molecule has 26 heavy (non-hydrogen) atoms. The van der Waals surface area contributed by atoms with E-state index in [4.69, 9.17) is 4.74 Å². The lowest BCUT2D eigenvalue weighted by atomic mass is 10.1. The highest BCUT2D eigenvalue weighted by atomic mass is 16.5. The molecule has 6 heteroatoms. The SMILES string of the molecule is COc1c(C)cnc(CN(C)C(=O)c2cncn2-c2ccccc2)c1C. The molecule has 1 amide bonds. The summed E-state index contributed by atoms with van der Waals surface area (Å²) < 4.78 is 7.24. The maximum atomic E-state index is 12.9. The Morgan fingerprint density at radius 1 is 1.19 bits per heavy atom. The third-order valence-corrected chi connectivity index (χ3v) is 4.38. The molecule has 0 aliphatic rings. The van der Waals surface area contributed by atoms with Crippen molar-refractivity contribution in [2.24, 2.45) is 0 Å². The minimum atomic E-state index is -0.118. The number of methoxy groups -OCH3 is 1. The standard InChI is InChI=1S/C20H22N4O2/c1-14-10-22-17(15(2)19(14)26-4)12-23(3)20(25)18-11-21-13-24(18)16-8-6-5-7-9-16/h5-11,13H,12H2,1-4H3. The van der Waals surface area contributed by atoms with E-state index in [0.29, 0.717) is 12.2 Å². The van der Waals surface area contributed by atoms with Crippen LogP contribution in [0, 0.1) is 13.8 Å². The van der Waals surface area contributed by atoms with Crippen molar-refractivity contribution in [1.29, 1.82) is 0 Å². The average molecular weight is 350 g/mol. The summed E-state index contributed by atoms with van der Waals surface area (Å²) in [5.74, 6) is 0.692. The second kappa shape index (κ2) is 7.39. The number of para-hydroxylation sites is 1. The molecule has 0 aliphatic carbocycles. The van der Waals surface area contributed by atoms with Gasteiger partial charge in [0.2, 0.25) is 0 Å². The van der Waals surface area contributed by atoms with Crippen LogP contribution in [0.25, 0.3) is 5.69 Å². The number of imidazole rings is 1. The fraction of sp³-hybridized carbons (Fsp3) is 0.250. The molecule has 0 aliphatic heterocycles. The Bertz CT molecular complexity index is 919. The monoisotopic (exact) mass is 350 g/mol. The number of aryl methyl sites for hydroxylation is 1. The van der Waals surface area contributed by atoms with Gasteiger partial charge in [0, 0.05) is 30.1 Å². The zero-order valence-corrected chi connectivity index (χ0v) is 15.4. The molecule has 134 valence electrons. The van der Waals surface area contributed by atoms with Gasteiger partial charge >= 0.3 is 0 Å². The van der Waals surface area contributed by atoms with Crippen LogP contribution in [0.3, 0.4) is 0 Å². The lowest BCUT2D eigenvalue weighted by Gasteiger charge is -2.20. The number of ether oxygens (including phenoxy) is 1. The fourth-order valence-corrected chi connectivity index (χ4v) is 2.97. The van der Waals surface area contributed by atoms with E-state index in [1.165, 1.54) is 0 Å². The van der Waals surface area contributed by atoms with Gasteiger partial charge in [-0.25, -0.2) is 4.98 Å². The predicted octanol–water partition coefficient (Wildman–Crippen LogP) is 3.16. The predicted molar refractivity (Wildman–Crippen MR) is 99.6 cm³/mol. The number of benzene rings is 1. The average Bonchev–Trinajstić information content (AvgIpc) is 3.14. The fourth-order valence-electron chi connectivity index (χ4n) is 2.97. The van der Waals surface area contributed by atoms with Crippen LogP contribution in [0.2, 0.25) is 0 Å². The topological polar surface area (TPSA) is 60.2 Å². The maximum Gasteiger partial charge on any atom is 0.272 e. The molecule has 2 aromatic heterocycles. The Labute approximate surface area is 153 Å². The molecular weight excluding hydrogens is 328 g/mol. The number of amides is 1. The van der Waals surface area contributed by atoms with E-state index < -0.39 is 0 Å². The second-order valence-electron chi connectivity index (χ2n) is 6.19. The van der Waals surface area contributed by atoms with E-state index in [1.54, 1.807) is 42.3 Å². The summed E-state index contributed by atoms with van der Waals surface area (Å²) in [5.41, 5.74) is 4.14. The third kappa shape index (κ3) is 3.31. The van der Waals surface area contributed by atoms with Crippen molar-refractivity contribution in [2.45, 2.75) is 20.4 Å². The highest BCUT2D eigenvalue weighted by molar-refractivity contribution is 5.92. The van der Waals surface area contributed by atoms with Gasteiger partial charge in [0.25, 0.3) is 5.91 Å². The number of hydrogen-bond acceptors (Lipinski definition) is 4. The highest BCUT2D eigenvalue weighted by Gasteiger charge is 2.19. The molecular formula is C20H22N4O2. The highest BCUT2D eigenvalue weighted by Crippen LogP contribution is 2.25. The number of pyridine rings is 1. The molecule has 0 spiro atoms. The molecule has 0 unspecified atom stereocenters. The van der Waals surface area contributed by atoms with E-state index in [-0.39, 0.29) is 5.91 Å². The molecule has 0 saturated heterocycles. The zero-order valence-electron chi connectivity index (χ0n) is 15.4. The smallest absolute Gasteiger partial charge is 0.272 e. The van der Waals surface area contributed by atoms with Crippen molar-refractivity contribution in [3.05, 3.63) is 71.6 Å². The summed E-state index contributed by atoms with van der Waals surface area (Å²) in [5, 5.41) is 0. The van der Waals surface area contributed by atoms with Gasteiger partial charge in [-0.3, -0.25) is 14.3 Å². The zero-order chi connectivity index (χ0) is 18.7.